The first-order valence-electron chi connectivity index (χ1n) is 9.77. The Morgan fingerprint density at radius 2 is 1.57 bits per heavy atom. The van der Waals surface area contributed by atoms with E-state index in [4.69, 9.17) is 8.83 Å². The molecule has 6 rings (SSSR count). The van der Waals surface area contributed by atoms with Gasteiger partial charge in [0.15, 0.2) is 0 Å². The van der Waals surface area contributed by atoms with Crippen LogP contribution in [0.1, 0.15) is 24.0 Å². The molecule has 5 aromatic rings. The van der Waals surface area contributed by atoms with Gasteiger partial charge in [-0.25, -0.2) is 4.79 Å². The van der Waals surface area contributed by atoms with Gasteiger partial charge in [-0.3, -0.25) is 0 Å². The molecule has 3 aromatic carbocycles. The lowest BCUT2D eigenvalue weighted by atomic mass is 9.90. The average molecular weight is 366 g/mol. The summed E-state index contributed by atoms with van der Waals surface area (Å²) in [5.41, 5.74) is 5.38. The van der Waals surface area contributed by atoms with Crippen LogP contribution in [-0.2, 0) is 12.8 Å². The van der Waals surface area contributed by atoms with Gasteiger partial charge < -0.3 is 8.83 Å². The first kappa shape index (κ1) is 15.7. The van der Waals surface area contributed by atoms with Crippen LogP contribution in [0.2, 0.25) is 0 Å². The predicted octanol–water partition coefficient (Wildman–Crippen LogP) is 6.24. The van der Waals surface area contributed by atoms with Crippen molar-refractivity contribution in [3.8, 4) is 11.1 Å². The van der Waals surface area contributed by atoms with Crippen LogP contribution in [0.5, 0.6) is 0 Å². The molecule has 0 fully saturated rings. The minimum absolute atomic E-state index is 0.192. The van der Waals surface area contributed by atoms with E-state index >= 15 is 0 Å². The van der Waals surface area contributed by atoms with Gasteiger partial charge in [0.1, 0.15) is 11.2 Å². The number of hydrogen-bond acceptors (Lipinski definition) is 3. The molecule has 1 aliphatic carbocycles. The Hall–Kier alpha value is -3.33. The first-order valence-corrected chi connectivity index (χ1v) is 9.77. The lowest BCUT2D eigenvalue weighted by molar-refractivity contribution is 0.533. The Balaban J connectivity index is 1.63. The van der Waals surface area contributed by atoms with Crippen molar-refractivity contribution < 1.29 is 8.83 Å². The molecule has 0 bridgehead atoms. The largest absolute Gasteiger partial charge is 0.464 e. The molecule has 0 spiro atoms. The average Bonchev–Trinajstić information content (AvgIpc) is 3.15. The van der Waals surface area contributed by atoms with Gasteiger partial charge in [-0.1, -0.05) is 36.4 Å². The maximum absolute atomic E-state index is 12.4. The summed E-state index contributed by atoms with van der Waals surface area (Å²) in [6.07, 6.45) is 5.73. The second kappa shape index (κ2) is 5.83. The molecule has 0 amide bonds. The minimum atomic E-state index is -0.192. The van der Waals surface area contributed by atoms with E-state index in [0.29, 0.717) is 5.58 Å². The van der Waals surface area contributed by atoms with Gasteiger partial charge >= 0.3 is 5.63 Å². The fraction of sp³-hybridized carbons (Fsp3) is 0.160. The van der Waals surface area contributed by atoms with Gasteiger partial charge in [0.25, 0.3) is 0 Å². The summed E-state index contributed by atoms with van der Waals surface area (Å²) in [6, 6.07) is 18.8. The molecule has 3 nitrogen and oxygen atoms in total. The Labute approximate surface area is 161 Å². The summed E-state index contributed by atoms with van der Waals surface area (Å²) in [4.78, 5) is 12.4. The smallest absolute Gasteiger partial charge is 0.339 e. The summed E-state index contributed by atoms with van der Waals surface area (Å²) in [5, 5.41) is 4.54. The Bertz CT molecular complexity index is 1440. The van der Waals surface area contributed by atoms with Gasteiger partial charge in [-0.05, 0) is 59.7 Å². The second-order valence-electron chi connectivity index (χ2n) is 7.61. The van der Waals surface area contributed by atoms with Crippen molar-refractivity contribution >= 4 is 32.7 Å². The van der Waals surface area contributed by atoms with E-state index in [2.05, 4.69) is 48.5 Å². The molecule has 28 heavy (non-hydrogen) atoms. The van der Waals surface area contributed by atoms with Crippen molar-refractivity contribution in [3.63, 3.8) is 0 Å². The van der Waals surface area contributed by atoms with Crippen molar-refractivity contribution in [2.75, 3.05) is 0 Å². The molecule has 0 atom stereocenters. The Kier molecular flexibility index (Phi) is 3.27. The highest BCUT2D eigenvalue weighted by atomic mass is 16.4. The Morgan fingerprint density at radius 1 is 0.750 bits per heavy atom. The van der Waals surface area contributed by atoms with Crippen LogP contribution < -0.4 is 5.63 Å². The van der Waals surface area contributed by atoms with Crippen LogP contribution in [0, 0.1) is 0 Å². The third-order valence-electron chi connectivity index (χ3n) is 5.98. The van der Waals surface area contributed by atoms with E-state index in [9.17, 15) is 4.79 Å². The highest BCUT2D eigenvalue weighted by molar-refractivity contribution is 6.03. The van der Waals surface area contributed by atoms with Crippen molar-refractivity contribution in [3.05, 3.63) is 82.4 Å². The summed E-state index contributed by atoms with van der Waals surface area (Å²) in [5.74, 6) is 0. The van der Waals surface area contributed by atoms with Gasteiger partial charge in [0.05, 0.1) is 6.26 Å². The molecule has 0 saturated carbocycles. The van der Waals surface area contributed by atoms with Crippen LogP contribution in [0.4, 0.5) is 0 Å². The summed E-state index contributed by atoms with van der Waals surface area (Å²) in [7, 11) is 0. The zero-order valence-corrected chi connectivity index (χ0v) is 15.3. The standard InChI is InChI=1S/C25H18O3/c26-25-19-8-4-3-7-18(19)20-12-21-22(14-27-23(21)13-24(20)28-25)17-10-9-15-5-1-2-6-16(15)11-17/h1-2,5-6,9-14H,3-4,7-8H2. The number of benzene rings is 3. The molecular weight excluding hydrogens is 348 g/mol. The molecule has 0 radical (unpaired) electrons. The molecule has 1 aliphatic rings. The maximum atomic E-state index is 12.4. The van der Waals surface area contributed by atoms with Crippen molar-refractivity contribution in [2.45, 2.75) is 25.7 Å². The molecule has 0 unspecified atom stereocenters. The third-order valence-corrected chi connectivity index (χ3v) is 5.98. The molecule has 0 N–H and O–H groups in total. The monoisotopic (exact) mass is 366 g/mol. The van der Waals surface area contributed by atoms with Crippen molar-refractivity contribution in [1.82, 2.24) is 0 Å². The molecular formula is C25H18O3. The molecule has 2 aromatic heterocycles. The number of furan rings is 1. The fourth-order valence-corrected chi connectivity index (χ4v) is 4.55. The van der Waals surface area contributed by atoms with E-state index in [1.165, 1.54) is 10.8 Å². The van der Waals surface area contributed by atoms with E-state index in [-0.39, 0.29) is 5.63 Å². The number of hydrogen-bond donors (Lipinski definition) is 0. The SMILES string of the molecule is O=c1oc2cc3occ(-c4ccc5ccccc5c4)c3cc2c2c1CCCC2. The van der Waals surface area contributed by atoms with E-state index in [1.807, 2.05) is 6.07 Å². The number of aryl methyl sites for hydroxylation is 1. The summed E-state index contributed by atoms with van der Waals surface area (Å²) in [6.45, 7) is 0. The zero-order chi connectivity index (χ0) is 18.7. The van der Waals surface area contributed by atoms with E-state index in [0.717, 1.165) is 64.3 Å². The van der Waals surface area contributed by atoms with Crippen LogP contribution in [0.3, 0.4) is 0 Å². The quantitative estimate of drug-likeness (QED) is 0.330. The van der Waals surface area contributed by atoms with Crippen LogP contribution in [0.15, 0.2) is 74.5 Å². The molecule has 2 heterocycles. The van der Waals surface area contributed by atoms with E-state index in [1.54, 1.807) is 6.26 Å². The van der Waals surface area contributed by atoms with Gasteiger partial charge in [-0.2, -0.15) is 0 Å². The zero-order valence-electron chi connectivity index (χ0n) is 15.3. The molecule has 0 aliphatic heterocycles. The highest BCUT2D eigenvalue weighted by Gasteiger charge is 2.20. The minimum Gasteiger partial charge on any atom is -0.464 e. The van der Waals surface area contributed by atoms with Gasteiger partial charge in [0, 0.05) is 28.0 Å². The lowest BCUT2D eigenvalue weighted by Crippen LogP contribution is -2.15. The normalized spacial score (nSPS) is 14.0. The van der Waals surface area contributed by atoms with Crippen LogP contribution in [-0.4, -0.2) is 0 Å². The van der Waals surface area contributed by atoms with E-state index < -0.39 is 0 Å². The van der Waals surface area contributed by atoms with Crippen LogP contribution in [0.25, 0.3) is 43.8 Å². The van der Waals surface area contributed by atoms with Gasteiger partial charge in [-0.15, -0.1) is 0 Å². The second-order valence-corrected chi connectivity index (χ2v) is 7.61. The number of rotatable bonds is 1. The summed E-state index contributed by atoms with van der Waals surface area (Å²) >= 11 is 0. The lowest BCUT2D eigenvalue weighted by Gasteiger charge is -2.16. The summed E-state index contributed by atoms with van der Waals surface area (Å²) < 4.78 is 11.5. The first-order chi connectivity index (χ1) is 13.8. The molecule has 3 heteroatoms. The number of fused-ring (bicyclic) bond motifs is 5. The van der Waals surface area contributed by atoms with Crippen LogP contribution >= 0.6 is 0 Å². The topological polar surface area (TPSA) is 43.4 Å². The van der Waals surface area contributed by atoms with Crippen molar-refractivity contribution in [2.24, 2.45) is 0 Å². The van der Waals surface area contributed by atoms with Gasteiger partial charge in [0.2, 0.25) is 0 Å². The highest BCUT2D eigenvalue weighted by Crippen LogP contribution is 2.36. The fourth-order valence-electron chi connectivity index (χ4n) is 4.55. The predicted molar refractivity (Wildman–Crippen MR) is 112 cm³/mol. The third kappa shape index (κ3) is 2.26. The maximum Gasteiger partial charge on any atom is 0.339 e. The Morgan fingerprint density at radius 3 is 2.46 bits per heavy atom. The molecule has 0 saturated heterocycles. The van der Waals surface area contributed by atoms with Crippen molar-refractivity contribution in [1.29, 1.82) is 0 Å². The molecule has 136 valence electrons.